The monoisotopic (exact) mass is 1590 g/mol. The van der Waals surface area contributed by atoms with Crippen molar-refractivity contribution in [3.05, 3.63) is 218 Å². The number of halogens is 1. The molecule has 109 heavy (non-hydrogen) atoms. The largest absolute Gasteiger partial charge is 0.355 e. The van der Waals surface area contributed by atoms with Crippen LogP contribution in [-0.2, 0) is 40.0 Å². The highest BCUT2D eigenvalue weighted by molar-refractivity contribution is 8.01. The Labute approximate surface area is 672 Å². The molecule has 1 atom stereocenters. The van der Waals surface area contributed by atoms with E-state index in [0.717, 1.165) is 113 Å². The van der Waals surface area contributed by atoms with Gasteiger partial charge >= 0.3 is 0 Å². The summed E-state index contributed by atoms with van der Waals surface area (Å²) < 4.78 is 13.0. The third kappa shape index (κ3) is 41.0. The van der Waals surface area contributed by atoms with E-state index in [4.69, 9.17) is 0 Å². The molecular formula is C86H112FN9O7S6. The minimum atomic E-state index is -0.242. The number of benzene rings is 7. The van der Waals surface area contributed by atoms with Crippen LogP contribution in [0.3, 0.4) is 0 Å². The van der Waals surface area contributed by atoms with Gasteiger partial charge in [0, 0.05) is 99.7 Å². The van der Waals surface area contributed by atoms with Gasteiger partial charge in [-0.3, -0.25) is 33.6 Å². The Balaban J connectivity index is 0.000000182. The molecule has 6 N–H and O–H groups in total. The zero-order valence-corrected chi connectivity index (χ0v) is 68.1. The summed E-state index contributed by atoms with van der Waals surface area (Å²) in [6.45, 7) is 8.92. The number of carbonyl (C=O) groups excluding carboxylic acids is 7. The fourth-order valence-corrected chi connectivity index (χ4v) is 16.6. The van der Waals surface area contributed by atoms with Crippen LogP contribution in [0.4, 0.5) is 4.39 Å². The van der Waals surface area contributed by atoms with Crippen LogP contribution in [-0.4, -0.2) is 181 Å². The van der Waals surface area contributed by atoms with E-state index in [-0.39, 0.29) is 47.2 Å². The van der Waals surface area contributed by atoms with Crippen molar-refractivity contribution < 1.29 is 38.0 Å². The van der Waals surface area contributed by atoms with E-state index in [1.807, 2.05) is 193 Å². The molecular weight excluding hydrogens is 1480 g/mol. The van der Waals surface area contributed by atoms with Crippen LogP contribution in [0.1, 0.15) is 108 Å². The molecule has 3 aliphatic heterocycles. The van der Waals surface area contributed by atoms with Crippen molar-refractivity contribution in [2.24, 2.45) is 0 Å². The molecule has 7 amide bonds. The van der Waals surface area contributed by atoms with Crippen LogP contribution in [0.5, 0.6) is 0 Å². The lowest BCUT2D eigenvalue weighted by atomic mass is 9.93. The van der Waals surface area contributed by atoms with Gasteiger partial charge in [-0.2, -0.15) is 0 Å². The number of likely N-dealkylation sites (tertiary alicyclic amines) is 3. The van der Waals surface area contributed by atoms with E-state index in [1.165, 1.54) is 107 Å². The van der Waals surface area contributed by atoms with Gasteiger partial charge in [0.15, 0.2) is 0 Å². The molecule has 0 aromatic heterocycles. The molecule has 12 rings (SSSR count). The van der Waals surface area contributed by atoms with Crippen molar-refractivity contribution in [3.63, 3.8) is 0 Å². The van der Waals surface area contributed by atoms with E-state index in [0.29, 0.717) is 78.6 Å². The molecule has 2 saturated carbocycles. The molecule has 3 saturated heterocycles. The van der Waals surface area contributed by atoms with Gasteiger partial charge in [0.2, 0.25) is 41.4 Å². The topological polar surface area (TPSA) is 201 Å². The van der Waals surface area contributed by atoms with Crippen molar-refractivity contribution in [1.82, 2.24) is 46.6 Å². The highest BCUT2D eigenvalue weighted by Crippen LogP contribution is 2.24. The van der Waals surface area contributed by atoms with E-state index in [1.54, 1.807) is 53.1 Å². The number of carbonyl (C=O) groups is 7. The predicted molar refractivity (Wildman–Crippen MR) is 452 cm³/mol. The Kier molecular flexibility index (Phi) is 45.1. The SMILES string of the molecule is CN1CCCC1CCNC(=O)CSc1ccccc1.O=C(CSc1ccccc1)NC1CCC1.O=C(CSc1ccccc1)NC1CCCCC1.O=C(CSc1ccccc1)NCCCN1CCCC1=O.O=C(CSc1ccccc1)NCCN1CCCC1.O=C(CSc1ccccc1)NCCc1cccc(F)c1. The van der Waals surface area contributed by atoms with Crippen molar-refractivity contribution in [1.29, 1.82) is 0 Å². The molecule has 586 valence electrons. The Hall–Kier alpha value is -7.22. The number of hydrogen-bond acceptors (Lipinski definition) is 15. The molecule has 1 unspecified atom stereocenters. The summed E-state index contributed by atoms with van der Waals surface area (Å²) in [5, 5.41) is 17.9. The number of rotatable bonds is 33. The molecule has 5 aliphatic rings. The van der Waals surface area contributed by atoms with Crippen LogP contribution >= 0.6 is 70.6 Å². The minimum absolute atomic E-state index is 0.00439. The lowest BCUT2D eigenvalue weighted by molar-refractivity contribution is -0.128. The first-order chi connectivity index (χ1) is 53.3. The first-order valence-corrected chi connectivity index (χ1v) is 44.4. The number of thioether (sulfide) groups is 6. The maximum absolute atomic E-state index is 13.0. The summed E-state index contributed by atoms with van der Waals surface area (Å²) in [7, 11) is 2.17. The van der Waals surface area contributed by atoms with Crippen molar-refractivity contribution >= 4 is 112 Å². The number of nitrogens with one attached hydrogen (secondary N) is 6. The van der Waals surface area contributed by atoms with Gasteiger partial charge in [-0.1, -0.05) is 141 Å². The summed E-state index contributed by atoms with van der Waals surface area (Å²) in [5.74, 6) is 3.54. The third-order valence-electron chi connectivity index (χ3n) is 18.3. The van der Waals surface area contributed by atoms with E-state index in [2.05, 4.69) is 48.7 Å². The van der Waals surface area contributed by atoms with Gasteiger partial charge in [0.05, 0.1) is 34.5 Å². The smallest absolute Gasteiger partial charge is 0.230 e. The molecule has 23 heteroatoms. The normalized spacial score (nSPS) is 15.3. The standard InChI is InChI=1S/C16H16FNOS.C15H20N2O2S.C15H22N2OS.C14H20N2OS.C14H19NOS.C12H15NOS/c17-14-6-4-5-13(11-14)9-10-18-16(19)12-20-15-7-2-1-3-8-15;18-14(12-20-13-6-2-1-3-7-13)16-9-5-11-17-10-4-8-15(17)19;1-17-11-5-6-13(17)9-10-16-15(18)12-19-14-7-3-2-4-8-14;17-14(12-18-13-6-2-1-3-7-13)15-8-11-16-9-4-5-10-16;16-14(15-12-7-3-1-4-8-12)11-17-13-9-5-2-6-10-13;14-12(13-10-5-4-6-10)9-15-11-7-2-1-3-8-11/h1-8,11H,9-10,12H2,(H,18,19);1-3,6-7H,4-5,8-12H2,(H,16,18);2-4,7-8,13H,5-6,9-12H2,1H3,(H,16,18);1-3,6-7H,4-5,8-12H2,(H,15,17);2,5-6,9-10,12H,1,3-4,7-8,11H2,(H,15,16);1-3,7-8,10H,4-6,9H2,(H,13,14). The summed E-state index contributed by atoms with van der Waals surface area (Å²) in [5.41, 5.74) is 0.890. The van der Waals surface area contributed by atoms with Crippen LogP contribution in [0, 0.1) is 5.82 Å². The molecule has 0 bridgehead atoms. The highest BCUT2D eigenvalue weighted by Gasteiger charge is 2.23. The van der Waals surface area contributed by atoms with Crippen molar-refractivity contribution in [3.8, 4) is 0 Å². The van der Waals surface area contributed by atoms with Crippen molar-refractivity contribution in [2.75, 3.05) is 107 Å². The van der Waals surface area contributed by atoms with E-state index >= 15 is 0 Å². The zero-order chi connectivity index (χ0) is 77.0. The second-order valence-corrected chi connectivity index (χ2v) is 33.2. The minimum Gasteiger partial charge on any atom is -0.355 e. The summed E-state index contributed by atoms with van der Waals surface area (Å²) in [6.07, 6.45) is 19.1. The second-order valence-electron chi connectivity index (χ2n) is 26.9. The average molecular weight is 1600 g/mol. The molecule has 7 aromatic carbocycles. The quantitative estimate of drug-likeness (QED) is 0.0167. The van der Waals surface area contributed by atoms with Gasteiger partial charge < -0.3 is 46.6 Å². The average Bonchev–Trinajstić information content (AvgIpc) is 1.90. The Morgan fingerprint density at radius 3 is 1.16 bits per heavy atom. The van der Waals surface area contributed by atoms with Gasteiger partial charge in [-0.05, 0) is 201 Å². The Bertz CT molecular complexity index is 3670. The van der Waals surface area contributed by atoms with Gasteiger partial charge in [0.25, 0.3) is 0 Å². The zero-order valence-electron chi connectivity index (χ0n) is 63.2. The summed E-state index contributed by atoms with van der Waals surface area (Å²) >= 11 is 9.41. The molecule has 16 nitrogen and oxygen atoms in total. The van der Waals surface area contributed by atoms with Crippen LogP contribution in [0.15, 0.2) is 236 Å². The van der Waals surface area contributed by atoms with Crippen LogP contribution in [0.2, 0.25) is 0 Å². The molecule has 5 fully saturated rings. The van der Waals surface area contributed by atoms with Crippen molar-refractivity contribution in [2.45, 2.75) is 157 Å². The Morgan fingerprint density at radius 1 is 0.385 bits per heavy atom. The number of hydrogen-bond donors (Lipinski definition) is 6. The second kappa shape index (κ2) is 55.2. The van der Waals surface area contributed by atoms with Gasteiger partial charge in [0.1, 0.15) is 5.82 Å². The lowest BCUT2D eigenvalue weighted by Crippen LogP contribution is -2.40. The maximum Gasteiger partial charge on any atom is 0.230 e. The van der Waals surface area contributed by atoms with Gasteiger partial charge in [-0.25, -0.2) is 4.39 Å². The number of amides is 7. The highest BCUT2D eigenvalue weighted by atomic mass is 32.2. The van der Waals surface area contributed by atoms with E-state index < -0.39 is 0 Å². The molecule has 0 radical (unpaired) electrons. The van der Waals surface area contributed by atoms with Gasteiger partial charge in [-0.15, -0.1) is 70.6 Å². The first kappa shape index (κ1) is 89.0. The Morgan fingerprint density at radius 2 is 0.780 bits per heavy atom. The fraction of sp³-hybridized carbons (Fsp3) is 0.430. The summed E-state index contributed by atoms with van der Waals surface area (Å²) in [4.78, 5) is 94.8. The summed E-state index contributed by atoms with van der Waals surface area (Å²) in [6, 6.07) is 67.8. The molecule has 2 aliphatic carbocycles. The predicted octanol–water partition coefficient (Wildman–Crippen LogP) is 15.2. The first-order valence-electron chi connectivity index (χ1n) is 38.5. The lowest BCUT2D eigenvalue weighted by Gasteiger charge is -2.26. The molecule has 7 aromatic rings. The molecule has 0 spiro atoms. The fourth-order valence-electron chi connectivity index (χ4n) is 12.1. The number of nitrogens with zero attached hydrogens (tertiary/aromatic N) is 3. The van der Waals surface area contributed by atoms with Crippen LogP contribution < -0.4 is 31.9 Å². The molecule has 3 heterocycles. The maximum atomic E-state index is 13.0. The van der Waals surface area contributed by atoms with E-state index in [9.17, 15) is 38.0 Å². The van der Waals surface area contributed by atoms with Crippen LogP contribution in [0.25, 0.3) is 0 Å². The third-order valence-corrected chi connectivity index (χ3v) is 24.3.